The van der Waals surface area contributed by atoms with Gasteiger partial charge in [0.25, 0.3) is 0 Å². The molecule has 1 N–H and O–H groups in total. The van der Waals surface area contributed by atoms with Crippen molar-refractivity contribution >= 4 is 0 Å². The maximum absolute atomic E-state index is 12.4. The Morgan fingerprint density at radius 2 is 1.76 bits per heavy atom. The number of likely N-dealkylation sites (tertiary alicyclic amines) is 1. The highest BCUT2D eigenvalue weighted by Gasteiger charge is 2.55. The summed E-state index contributed by atoms with van der Waals surface area (Å²) < 4.78 is 11.7. The van der Waals surface area contributed by atoms with E-state index in [1.54, 1.807) is 12.4 Å². The van der Waals surface area contributed by atoms with Gasteiger partial charge in [0, 0.05) is 55.6 Å². The van der Waals surface area contributed by atoms with Crippen molar-refractivity contribution in [1.82, 2.24) is 14.9 Å². The van der Waals surface area contributed by atoms with Gasteiger partial charge in [-0.05, 0) is 43.0 Å². The molecule has 0 aliphatic carbocycles. The molecule has 3 aromatic rings. The van der Waals surface area contributed by atoms with Gasteiger partial charge in [0.1, 0.15) is 11.4 Å². The Balaban J connectivity index is 1.53. The number of rotatable bonds is 6. The molecular weight excluding hydrogens is 426 g/mol. The van der Waals surface area contributed by atoms with Crippen LogP contribution in [0.15, 0.2) is 53.3 Å². The van der Waals surface area contributed by atoms with E-state index in [1.165, 1.54) is 5.56 Å². The summed E-state index contributed by atoms with van der Waals surface area (Å²) >= 11 is 0. The first-order valence-corrected chi connectivity index (χ1v) is 12.3. The zero-order valence-electron chi connectivity index (χ0n) is 20.6. The van der Waals surface area contributed by atoms with Gasteiger partial charge >= 0.3 is 0 Å². The minimum absolute atomic E-state index is 0.340. The fraction of sp³-hybridized carbons (Fsp3) is 0.500. The molecule has 2 saturated heterocycles. The van der Waals surface area contributed by atoms with Gasteiger partial charge in [-0.3, -0.25) is 4.98 Å². The second-order valence-electron chi connectivity index (χ2n) is 10.6. The Hall–Kier alpha value is -2.54. The van der Waals surface area contributed by atoms with Crippen molar-refractivity contribution in [3.63, 3.8) is 0 Å². The average molecular weight is 462 g/mol. The predicted molar refractivity (Wildman–Crippen MR) is 132 cm³/mol. The molecule has 2 aliphatic rings. The molecule has 2 aromatic heterocycles. The van der Waals surface area contributed by atoms with Crippen LogP contribution in [0.4, 0.5) is 0 Å². The Kier molecular flexibility index (Phi) is 6.09. The van der Waals surface area contributed by atoms with E-state index in [2.05, 4.69) is 67.0 Å². The molecule has 6 nitrogen and oxygen atoms in total. The van der Waals surface area contributed by atoms with E-state index in [-0.39, 0.29) is 5.41 Å². The third-order valence-electron chi connectivity index (χ3n) is 7.66. The highest BCUT2D eigenvalue weighted by atomic mass is 16.5. The monoisotopic (exact) mass is 461 g/mol. The number of oxazole rings is 1. The lowest BCUT2D eigenvalue weighted by molar-refractivity contribution is -0.127. The molecule has 0 spiro atoms. The van der Waals surface area contributed by atoms with E-state index in [9.17, 15) is 5.11 Å². The van der Waals surface area contributed by atoms with E-state index >= 15 is 0 Å². The van der Waals surface area contributed by atoms with Crippen molar-refractivity contribution in [3.05, 3.63) is 71.4 Å². The molecular formula is C28H35N3O3. The van der Waals surface area contributed by atoms with Gasteiger partial charge in [0.2, 0.25) is 5.89 Å². The van der Waals surface area contributed by atoms with Crippen molar-refractivity contribution in [1.29, 1.82) is 0 Å². The quantitative estimate of drug-likeness (QED) is 0.561. The van der Waals surface area contributed by atoms with Crippen LogP contribution in [-0.4, -0.2) is 53.3 Å². The summed E-state index contributed by atoms with van der Waals surface area (Å²) in [5.74, 6) is 2.22. The standard InChI is InChI=1S/C28H35N3O3/c1-19(2)20-5-7-23(8-6-20)28(32,27(3)17-31(4)18-27)24-13-22(14-29-15-24)26-30-16-25(34-26)21-9-11-33-12-10-21/h5-8,13-16,19,21,32H,9-12,17-18H2,1-4H3. The van der Waals surface area contributed by atoms with Crippen molar-refractivity contribution in [2.75, 3.05) is 33.4 Å². The summed E-state index contributed by atoms with van der Waals surface area (Å²) in [4.78, 5) is 11.3. The molecule has 4 heterocycles. The summed E-state index contributed by atoms with van der Waals surface area (Å²) in [6, 6.07) is 10.4. The summed E-state index contributed by atoms with van der Waals surface area (Å²) in [6.07, 6.45) is 7.28. The summed E-state index contributed by atoms with van der Waals surface area (Å²) in [5.41, 5.74) is 2.17. The minimum Gasteiger partial charge on any atom is -0.441 e. The highest BCUT2D eigenvalue weighted by Crippen LogP contribution is 2.50. The number of hydrogen-bond donors (Lipinski definition) is 1. The van der Waals surface area contributed by atoms with E-state index < -0.39 is 5.60 Å². The first-order chi connectivity index (χ1) is 16.3. The summed E-state index contributed by atoms with van der Waals surface area (Å²) in [5, 5.41) is 12.4. The van der Waals surface area contributed by atoms with Crippen LogP contribution in [0.2, 0.25) is 0 Å². The molecule has 0 radical (unpaired) electrons. The number of benzene rings is 1. The maximum Gasteiger partial charge on any atom is 0.227 e. The van der Waals surface area contributed by atoms with Crippen molar-refractivity contribution in [2.24, 2.45) is 5.41 Å². The number of nitrogens with zero attached hydrogens (tertiary/aromatic N) is 3. The highest BCUT2D eigenvalue weighted by molar-refractivity contribution is 5.55. The number of ether oxygens (including phenoxy) is 1. The molecule has 2 aliphatic heterocycles. The van der Waals surface area contributed by atoms with Crippen LogP contribution in [0.3, 0.4) is 0 Å². The number of hydrogen-bond acceptors (Lipinski definition) is 6. The number of aliphatic hydroxyl groups is 1. The van der Waals surface area contributed by atoms with Crippen LogP contribution in [0, 0.1) is 5.41 Å². The smallest absolute Gasteiger partial charge is 0.227 e. The summed E-state index contributed by atoms with van der Waals surface area (Å²) in [7, 11) is 2.09. The SMILES string of the molecule is CC(C)c1ccc(C(O)(c2cncc(-c3ncc(C4CCOCC4)o3)c2)C2(C)CN(C)C2)cc1. The van der Waals surface area contributed by atoms with Crippen LogP contribution < -0.4 is 0 Å². The van der Waals surface area contributed by atoms with Gasteiger partial charge in [-0.1, -0.05) is 45.0 Å². The van der Waals surface area contributed by atoms with Crippen LogP contribution >= 0.6 is 0 Å². The largest absolute Gasteiger partial charge is 0.441 e. The van der Waals surface area contributed by atoms with E-state index in [4.69, 9.17) is 9.15 Å². The van der Waals surface area contributed by atoms with Crippen LogP contribution in [-0.2, 0) is 10.3 Å². The van der Waals surface area contributed by atoms with E-state index in [1.807, 2.05) is 12.3 Å². The molecule has 0 amide bonds. The fourth-order valence-electron chi connectivity index (χ4n) is 5.69. The molecule has 180 valence electrons. The molecule has 1 unspecified atom stereocenters. The predicted octanol–water partition coefficient (Wildman–Crippen LogP) is 4.94. The Bertz CT molecular complexity index is 1130. The average Bonchev–Trinajstić information content (AvgIpc) is 3.34. The topological polar surface area (TPSA) is 71.6 Å². The Morgan fingerprint density at radius 1 is 1.06 bits per heavy atom. The van der Waals surface area contributed by atoms with Gasteiger partial charge in [-0.15, -0.1) is 0 Å². The lowest BCUT2D eigenvalue weighted by Crippen LogP contribution is -2.63. The molecule has 1 atom stereocenters. The van der Waals surface area contributed by atoms with Crippen LogP contribution in [0.25, 0.3) is 11.5 Å². The van der Waals surface area contributed by atoms with Gasteiger partial charge in [0.15, 0.2) is 0 Å². The lowest BCUT2D eigenvalue weighted by atomic mass is 9.62. The summed E-state index contributed by atoms with van der Waals surface area (Å²) in [6.45, 7) is 9.63. The molecule has 6 heteroatoms. The number of aromatic nitrogens is 2. The van der Waals surface area contributed by atoms with E-state index in [0.717, 1.165) is 61.6 Å². The van der Waals surface area contributed by atoms with Gasteiger partial charge < -0.3 is 19.2 Å². The van der Waals surface area contributed by atoms with Crippen molar-refractivity contribution in [2.45, 2.75) is 51.0 Å². The minimum atomic E-state index is -1.19. The first-order valence-electron chi connectivity index (χ1n) is 12.3. The lowest BCUT2D eigenvalue weighted by Gasteiger charge is -2.55. The Morgan fingerprint density at radius 3 is 2.41 bits per heavy atom. The van der Waals surface area contributed by atoms with Crippen molar-refractivity contribution in [3.8, 4) is 11.5 Å². The third kappa shape index (κ3) is 3.98. The third-order valence-corrected chi connectivity index (χ3v) is 7.66. The molecule has 34 heavy (non-hydrogen) atoms. The van der Waals surface area contributed by atoms with E-state index in [0.29, 0.717) is 17.7 Å². The zero-order chi connectivity index (χ0) is 23.9. The second kappa shape index (κ2) is 8.91. The second-order valence-corrected chi connectivity index (χ2v) is 10.6. The zero-order valence-corrected chi connectivity index (χ0v) is 20.6. The molecule has 0 bridgehead atoms. The number of pyridine rings is 1. The molecule has 1 aromatic carbocycles. The van der Waals surface area contributed by atoms with Gasteiger partial charge in [0.05, 0.1) is 11.8 Å². The van der Waals surface area contributed by atoms with Gasteiger partial charge in [-0.2, -0.15) is 0 Å². The normalized spacial score (nSPS) is 20.8. The molecule has 2 fully saturated rings. The fourth-order valence-corrected chi connectivity index (χ4v) is 5.69. The molecule has 0 saturated carbocycles. The van der Waals surface area contributed by atoms with Crippen molar-refractivity contribution < 1.29 is 14.3 Å². The molecule has 5 rings (SSSR count). The van der Waals surface area contributed by atoms with Crippen LogP contribution in [0.5, 0.6) is 0 Å². The van der Waals surface area contributed by atoms with Gasteiger partial charge in [-0.25, -0.2) is 4.98 Å². The van der Waals surface area contributed by atoms with Crippen LogP contribution in [0.1, 0.15) is 67.9 Å². The Labute approximate surface area is 202 Å². The maximum atomic E-state index is 12.4. The first kappa shape index (κ1) is 23.2.